The normalized spacial score (nSPS) is 23.4. The molecule has 1 amide bonds. The van der Waals surface area contributed by atoms with E-state index >= 15 is 0 Å². The van der Waals surface area contributed by atoms with E-state index in [1.54, 1.807) is 6.07 Å². The molecule has 4 rings (SSSR count). The number of aryl methyl sites for hydroxylation is 1. The second kappa shape index (κ2) is 8.54. The first-order valence-corrected chi connectivity index (χ1v) is 11.0. The van der Waals surface area contributed by atoms with Crippen molar-refractivity contribution < 1.29 is 13.9 Å². The maximum atomic E-state index is 14.1. The van der Waals surface area contributed by atoms with Gasteiger partial charge in [0.2, 0.25) is 5.91 Å². The van der Waals surface area contributed by atoms with Crippen molar-refractivity contribution in [3.05, 3.63) is 53.2 Å². The summed E-state index contributed by atoms with van der Waals surface area (Å²) in [5.74, 6) is 1.30. The van der Waals surface area contributed by atoms with Crippen LogP contribution in [0.1, 0.15) is 49.7 Å². The molecule has 2 aliphatic heterocycles. The Bertz CT molecular complexity index is 960. The van der Waals surface area contributed by atoms with Gasteiger partial charge in [-0.25, -0.2) is 14.4 Å². The zero-order valence-corrected chi connectivity index (χ0v) is 18.6. The van der Waals surface area contributed by atoms with Gasteiger partial charge in [0.05, 0.1) is 5.41 Å². The lowest BCUT2D eigenvalue weighted by Crippen LogP contribution is -2.55. The summed E-state index contributed by atoms with van der Waals surface area (Å²) < 4.78 is 19.6. The van der Waals surface area contributed by atoms with E-state index in [4.69, 9.17) is 14.7 Å². The Morgan fingerprint density at radius 1 is 1.19 bits per heavy atom. The molecule has 2 aromatic rings. The molecule has 1 aromatic heterocycles. The highest BCUT2D eigenvalue weighted by molar-refractivity contribution is 5.88. The maximum absolute atomic E-state index is 14.1. The Labute approximate surface area is 183 Å². The number of hydrogen-bond acceptors (Lipinski definition) is 5. The quantitative estimate of drug-likeness (QED) is 0.809. The number of halogens is 1. The Balaban J connectivity index is 1.66. The molecular formula is C24H31FN4O2. The second-order valence-electron chi connectivity index (χ2n) is 9.06. The van der Waals surface area contributed by atoms with Gasteiger partial charge in [-0.1, -0.05) is 19.1 Å². The largest absolute Gasteiger partial charge is 0.381 e. The molecule has 0 aliphatic carbocycles. The van der Waals surface area contributed by atoms with Crippen LogP contribution in [-0.2, 0) is 20.4 Å². The predicted octanol–water partition coefficient (Wildman–Crippen LogP) is 3.59. The zero-order chi connectivity index (χ0) is 22.1. The van der Waals surface area contributed by atoms with Crippen LogP contribution < -0.4 is 5.32 Å². The van der Waals surface area contributed by atoms with Crippen molar-refractivity contribution >= 4 is 11.7 Å². The van der Waals surface area contributed by atoms with Gasteiger partial charge < -0.3 is 15.0 Å². The van der Waals surface area contributed by atoms with Crippen LogP contribution in [0.5, 0.6) is 0 Å². The number of amides is 1. The monoisotopic (exact) mass is 426 g/mol. The number of nitrogens with one attached hydrogen (secondary N) is 1. The standard InChI is InChI=1S/C24H31FN4O2/c1-17-14-20(26-3)28-21(27-17)23(2)8-5-11-29(16-23)22(30)24(9-12-31-13-10-24)18-6-4-7-19(25)15-18/h4,6-7,14-15H,5,8-13,16H2,1-3H3,(H,26,27,28). The molecule has 2 fully saturated rings. The lowest BCUT2D eigenvalue weighted by molar-refractivity contribution is -0.143. The van der Waals surface area contributed by atoms with Crippen LogP contribution in [0.2, 0.25) is 0 Å². The number of carbonyl (C=O) groups excluding carboxylic acids is 1. The molecule has 0 bridgehead atoms. The van der Waals surface area contributed by atoms with Crippen molar-refractivity contribution in [2.24, 2.45) is 0 Å². The first kappa shape index (κ1) is 21.7. The van der Waals surface area contributed by atoms with E-state index in [2.05, 4.69) is 12.2 Å². The Morgan fingerprint density at radius 3 is 2.68 bits per heavy atom. The van der Waals surface area contributed by atoms with Crippen molar-refractivity contribution in [1.29, 1.82) is 0 Å². The highest BCUT2D eigenvalue weighted by atomic mass is 19.1. The van der Waals surface area contributed by atoms with E-state index in [1.807, 2.05) is 31.0 Å². The van der Waals surface area contributed by atoms with Gasteiger partial charge in [0.1, 0.15) is 17.5 Å². The van der Waals surface area contributed by atoms with Crippen LogP contribution in [0, 0.1) is 12.7 Å². The first-order valence-electron chi connectivity index (χ1n) is 11.0. The number of ether oxygens (including phenoxy) is 1. The molecule has 2 aliphatic rings. The lowest BCUT2D eigenvalue weighted by Gasteiger charge is -2.45. The third kappa shape index (κ3) is 4.15. The fourth-order valence-corrected chi connectivity index (χ4v) is 5.00. The van der Waals surface area contributed by atoms with Crippen molar-refractivity contribution in [2.75, 3.05) is 38.7 Å². The number of hydrogen-bond donors (Lipinski definition) is 1. The number of carbonyl (C=O) groups is 1. The van der Waals surface area contributed by atoms with Crippen LogP contribution in [0.25, 0.3) is 0 Å². The molecular weight excluding hydrogens is 395 g/mol. The third-order valence-electron chi connectivity index (χ3n) is 6.77. The molecule has 1 aromatic carbocycles. The summed E-state index contributed by atoms with van der Waals surface area (Å²) in [5.41, 5.74) is 0.569. The molecule has 7 heteroatoms. The summed E-state index contributed by atoms with van der Waals surface area (Å²) >= 11 is 0. The summed E-state index contributed by atoms with van der Waals surface area (Å²) in [5, 5.41) is 3.10. The van der Waals surface area contributed by atoms with Crippen LogP contribution in [0.4, 0.5) is 10.2 Å². The topological polar surface area (TPSA) is 67.4 Å². The number of benzene rings is 1. The number of likely N-dealkylation sites (tertiary alicyclic amines) is 1. The van der Waals surface area contributed by atoms with Gasteiger partial charge in [-0.05, 0) is 50.3 Å². The molecule has 31 heavy (non-hydrogen) atoms. The molecule has 3 heterocycles. The van der Waals surface area contributed by atoms with Crippen LogP contribution in [-0.4, -0.2) is 54.1 Å². The van der Waals surface area contributed by atoms with Gasteiger partial charge in [0, 0.05) is 50.5 Å². The van der Waals surface area contributed by atoms with E-state index in [1.165, 1.54) is 12.1 Å². The second-order valence-corrected chi connectivity index (χ2v) is 9.06. The van der Waals surface area contributed by atoms with Gasteiger partial charge in [-0.15, -0.1) is 0 Å². The predicted molar refractivity (Wildman–Crippen MR) is 118 cm³/mol. The average molecular weight is 427 g/mol. The minimum atomic E-state index is -0.748. The van der Waals surface area contributed by atoms with E-state index in [0.717, 1.165) is 35.7 Å². The van der Waals surface area contributed by atoms with Gasteiger partial charge in [0.15, 0.2) is 0 Å². The molecule has 166 valence electrons. The van der Waals surface area contributed by atoms with Crippen molar-refractivity contribution in [3.8, 4) is 0 Å². The highest BCUT2D eigenvalue weighted by Crippen LogP contribution is 2.40. The number of piperidine rings is 1. The van der Waals surface area contributed by atoms with E-state index in [0.29, 0.717) is 39.1 Å². The number of aromatic nitrogens is 2. The van der Waals surface area contributed by atoms with Crippen LogP contribution in [0.3, 0.4) is 0 Å². The zero-order valence-electron chi connectivity index (χ0n) is 18.6. The fourth-order valence-electron chi connectivity index (χ4n) is 5.00. The summed E-state index contributed by atoms with van der Waals surface area (Å²) in [6.45, 7) is 6.34. The average Bonchev–Trinajstić information content (AvgIpc) is 2.78. The Kier molecular flexibility index (Phi) is 5.97. The minimum Gasteiger partial charge on any atom is -0.381 e. The Hall–Kier alpha value is -2.54. The number of rotatable bonds is 4. The molecule has 6 nitrogen and oxygen atoms in total. The van der Waals surface area contributed by atoms with Gasteiger partial charge in [0.25, 0.3) is 0 Å². The van der Waals surface area contributed by atoms with Gasteiger partial charge in [-0.3, -0.25) is 4.79 Å². The molecule has 0 spiro atoms. The third-order valence-corrected chi connectivity index (χ3v) is 6.77. The van der Waals surface area contributed by atoms with Crippen molar-refractivity contribution in [3.63, 3.8) is 0 Å². The summed E-state index contributed by atoms with van der Waals surface area (Å²) in [7, 11) is 1.85. The van der Waals surface area contributed by atoms with Gasteiger partial charge >= 0.3 is 0 Å². The minimum absolute atomic E-state index is 0.0637. The van der Waals surface area contributed by atoms with E-state index in [9.17, 15) is 9.18 Å². The van der Waals surface area contributed by atoms with Crippen LogP contribution >= 0.6 is 0 Å². The Morgan fingerprint density at radius 2 is 1.97 bits per heavy atom. The summed E-state index contributed by atoms with van der Waals surface area (Å²) in [4.78, 5) is 25.4. The summed E-state index contributed by atoms with van der Waals surface area (Å²) in [6, 6.07) is 8.41. The molecule has 1 atom stereocenters. The number of nitrogens with zero attached hydrogens (tertiary/aromatic N) is 3. The van der Waals surface area contributed by atoms with E-state index in [-0.39, 0.29) is 17.1 Å². The first-order chi connectivity index (χ1) is 14.9. The van der Waals surface area contributed by atoms with E-state index < -0.39 is 5.41 Å². The smallest absolute Gasteiger partial charge is 0.233 e. The molecule has 0 radical (unpaired) electrons. The number of anilines is 1. The molecule has 1 unspecified atom stereocenters. The maximum Gasteiger partial charge on any atom is 0.233 e. The van der Waals surface area contributed by atoms with Gasteiger partial charge in [-0.2, -0.15) is 0 Å². The SMILES string of the molecule is CNc1cc(C)nc(C2(C)CCCN(C(=O)C3(c4cccc(F)c4)CCOCC3)C2)n1. The fraction of sp³-hybridized carbons (Fsp3) is 0.542. The molecule has 0 saturated carbocycles. The summed E-state index contributed by atoms with van der Waals surface area (Å²) in [6.07, 6.45) is 2.92. The van der Waals surface area contributed by atoms with Crippen molar-refractivity contribution in [2.45, 2.75) is 50.4 Å². The molecule has 2 saturated heterocycles. The van der Waals surface area contributed by atoms with Crippen LogP contribution in [0.15, 0.2) is 30.3 Å². The lowest BCUT2D eigenvalue weighted by atomic mass is 9.71. The van der Waals surface area contributed by atoms with Crippen molar-refractivity contribution in [1.82, 2.24) is 14.9 Å². The molecule has 1 N–H and O–H groups in total. The highest BCUT2D eigenvalue weighted by Gasteiger charge is 2.47.